The molecule has 0 spiro atoms. The average molecular weight is 283 g/mol. The third kappa shape index (κ3) is 2.94. The SMILES string of the molecule is C=CCOC(=O)Nc1c(C(=O)O)sc2c1COCC2. The van der Waals surface area contributed by atoms with E-state index in [9.17, 15) is 9.59 Å². The second kappa shape index (κ2) is 5.85. The minimum Gasteiger partial charge on any atom is -0.477 e. The first-order chi connectivity index (χ1) is 9.13. The molecular weight excluding hydrogens is 270 g/mol. The number of hydrogen-bond acceptors (Lipinski definition) is 5. The van der Waals surface area contributed by atoms with Crippen molar-refractivity contribution < 1.29 is 24.2 Å². The zero-order chi connectivity index (χ0) is 13.8. The van der Waals surface area contributed by atoms with E-state index in [-0.39, 0.29) is 17.2 Å². The topological polar surface area (TPSA) is 84.9 Å². The summed E-state index contributed by atoms with van der Waals surface area (Å²) in [7, 11) is 0. The van der Waals surface area contributed by atoms with Crippen LogP contribution in [0.3, 0.4) is 0 Å². The summed E-state index contributed by atoms with van der Waals surface area (Å²) < 4.78 is 10.1. The fourth-order valence-corrected chi connectivity index (χ4v) is 2.84. The number of carboxylic acid groups (broad SMARTS) is 1. The predicted molar refractivity (Wildman–Crippen MR) is 69.8 cm³/mol. The number of thiophene rings is 1. The van der Waals surface area contributed by atoms with Crippen LogP contribution < -0.4 is 5.32 Å². The largest absolute Gasteiger partial charge is 0.477 e. The Hall–Kier alpha value is -1.86. The Bertz CT molecular complexity index is 522. The van der Waals surface area contributed by atoms with E-state index in [1.807, 2.05) is 0 Å². The Balaban J connectivity index is 2.26. The van der Waals surface area contributed by atoms with Gasteiger partial charge in [0.05, 0.1) is 18.9 Å². The van der Waals surface area contributed by atoms with Gasteiger partial charge in [-0.15, -0.1) is 11.3 Å². The number of aromatic carboxylic acids is 1. The van der Waals surface area contributed by atoms with Crippen molar-refractivity contribution in [3.05, 3.63) is 28.0 Å². The summed E-state index contributed by atoms with van der Waals surface area (Å²) in [6.45, 7) is 4.36. The van der Waals surface area contributed by atoms with E-state index in [0.29, 0.717) is 19.6 Å². The molecule has 0 saturated heterocycles. The summed E-state index contributed by atoms with van der Waals surface area (Å²) in [4.78, 5) is 23.8. The van der Waals surface area contributed by atoms with Gasteiger partial charge in [-0.3, -0.25) is 5.32 Å². The van der Waals surface area contributed by atoms with Crippen molar-refractivity contribution in [1.82, 2.24) is 0 Å². The quantitative estimate of drug-likeness (QED) is 0.828. The molecule has 1 amide bonds. The normalized spacial score (nSPS) is 13.5. The van der Waals surface area contributed by atoms with Gasteiger partial charge in [0, 0.05) is 16.9 Å². The lowest BCUT2D eigenvalue weighted by atomic mass is 10.1. The number of nitrogens with one attached hydrogen (secondary N) is 1. The van der Waals surface area contributed by atoms with Gasteiger partial charge in [-0.25, -0.2) is 9.59 Å². The zero-order valence-electron chi connectivity index (χ0n) is 10.1. The number of carbonyl (C=O) groups excluding carboxylic acids is 1. The molecule has 1 aromatic heterocycles. The monoisotopic (exact) mass is 283 g/mol. The van der Waals surface area contributed by atoms with Crippen LogP contribution in [0.2, 0.25) is 0 Å². The molecule has 0 aromatic carbocycles. The van der Waals surface area contributed by atoms with E-state index in [2.05, 4.69) is 11.9 Å². The molecule has 0 fully saturated rings. The van der Waals surface area contributed by atoms with Gasteiger partial charge in [0.1, 0.15) is 11.5 Å². The van der Waals surface area contributed by atoms with Gasteiger partial charge >= 0.3 is 12.1 Å². The smallest absolute Gasteiger partial charge is 0.411 e. The van der Waals surface area contributed by atoms with Crippen LogP contribution in [0, 0.1) is 0 Å². The first-order valence-electron chi connectivity index (χ1n) is 5.63. The number of fused-ring (bicyclic) bond motifs is 1. The van der Waals surface area contributed by atoms with Gasteiger partial charge in [0.15, 0.2) is 0 Å². The number of hydrogen-bond donors (Lipinski definition) is 2. The molecular formula is C12H13NO5S. The highest BCUT2D eigenvalue weighted by Crippen LogP contribution is 2.36. The van der Waals surface area contributed by atoms with Crippen LogP contribution >= 0.6 is 11.3 Å². The molecule has 7 heteroatoms. The van der Waals surface area contributed by atoms with Gasteiger partial charge in [-0.05, 0) is 0 Å². The van der Waals surface area contributed by atoms with E-state index in [4.69, 9.17) is 14.6 Å². The van der Waals surface area contributed by atoms with E-state index >= 15 is 0 Å². The third-order valence-electron chi connectivity index (χ3n) is 2.56. The molecule has 102 valence electrons. The van der Waals surface area contributed by atoms with Gasteiger partial charge < -0.3 is 14.6 Å². The van der Waals surface area contributed by atoms with E-state index in [1.54, 1.807) is 0 Å². The Kier molecular flexibility index (Phi) is 4.18. The molecule has 1 aliphatic rings. The predicted octanol–water partition coefficient (Wildman–Crippen LogP) is 2.25. The number of amides is 1. The van der Waals surface area contributed by atoms with Crippen LogP contribution in [-0.4, -0.2) is 30.4 Å². The molecule has 0 radical (unpaired) electrons. The van der Waals surface area contributed by atoms with Crippen molar-refractivity contribution in [3.63, 3.8) is 0 Å². The number of carbonyl (C=O) groups is 2. The molecule has 19 heavy (non-hydrogen) atoms. The Morgan fingerprint density at radius 1 is 1.58 bits per heavy atom. The molecule has 2 heterocycles. The summed E-state index contributed by atoms with van der Waals surface area (Å²) in [5.74, 6) is -1.07. The summed E-state index contributed by atoms with van der Waals surface area (Å²) >= 11 is 1.17. The highest BCUT2D eigenvalue weighted by Gasteiger charge is 2.26. The highest BCUT2D eigenvalue weighted by molar-refractivity contribution is 7.14. The Morgan fingerprint density at radius 2 is 2.37 bits per heavy atom. The zero-order valence-corrected chi connectivity index (χ0v) is 10.9. The van der Waals surface area contributed by atoms with Crippen LogP contribution in [0.5, 0.6) is 0 Å². The van der Waals surface area contributed by atoms with Gasteiger partial charge in [0.2, 0.25) is 0 Å². The highest BCUT2D eigenvalue weighted by atomic mass is 32.1. The maximum atomic E-state index is 11.5. The summed E-state index contributed by atoms with van der Waals surface area (Å²) in [6.07, 6.45) is 1.39. The van der Waals surface area contributed by atoms with E-state index in [1.165, 1.54) is 17.4 Å². The van der Waals surface area contributed by atoms with Crippen molar-refractivity contribution in [2.24, 2.45) is 0 Å². The van der Waals surface area contributed by atoms with Crippen molar-refractivity contribution in [2.75, 3.05) is 18.5 Å². The average Bonchev–Trinajstić information content (AvgIpc) is 2.76. The molecule has 0 bridgehead atoms. The lowest BCUT2D eigenvalue weighted by molar-refractivity contribution is 0.0703. The van der Waals surface area contributed by atoms with Crippen LogP contribution in [0.1, 0.15) is 20.1 Å². The molecule has 1 aromatic rings. The molecule has 2 N–H and O–H groups in total. The number of rotatable bonds is 4. The number of ether oxygens (including phenoxy) is 2. The Labute approximate surface area is 113 Å². The second-order valence-corrected chi connectivity index (χ2v) is 4.93. The maximum absolute atomic E-state index is 11.5. The van der Waals surface area contributed by atoms with Crippen LogP contribution in [-0.2, 0) is 22.5 Å². The van der Waals surface area contributed by atoms with E-state index in [0.717, 1.165) is 10.4 Å². The van der Waals surface area contributed by atoms with E-state index < -0.39 is 12.1 Å². The molecule has 2 rings (SSSR count). The van der Waals surface area contributed by atoms with Crippen molar-refractivity contribution in [1.29, 1.82) is 0 Å². The second-order valence-electron chi connectivity index (χ2n) is 3.83. The molecule has 0 unspecified atom stereocenters. The summed E-state index contributed by atoms with van der Waals surface area (Å²) in [6, 6.07) is 0. The van der Waals surface area contributed by atoms with Gasteiger partial charge in [-0.1, -0.05) is 12.7 Å². The Morgan fingerprint density at radius 3 is 3.05 bits per heavy atom. The first kappa shape index (κ1) is 13.6. The minimum absolute atomic E-state index is 0.0665. The molecule has 0 atom stereocenters. The number of carboxylic acids is 1. The van der Waals surface area contributed by atoms with Crippen molar-refractivity contribution >= 4 is 29.1 Å². The van der Waals surface area contributed by atoms with Crippen LogP contribution in [0.4, 0.5) is 10.5 Å². The van der Waals surface area contributed by atoms with Gasteiger partial charge in [0.25, 0.3) is 0 Å². The fraction of sp³-hybridized carbons (Fsp3) is 0.333. The summed E-state index contributed by atoms with van der Waals surface area (Å²) in [5.41, 5.74) is 1.01. The standard InChI is InChI=1S/C12H13NO5S/c1-2-4-18-12(16)13-9-7-6-17-5-3-8(7)19-10(9)11(14)15/h2H,1,3-6H2,(H,13,16)(H,14,15). The lowest BCUT2D eigenvalue weighted by Crippen LogP contribution is -2.17. The fourth-order valence-electron chi connectivity index (χ4n) is 1.76. The molecule has 6 nitrogen and oxygen atoms in total. The lowest BCUT2D eigenvalue weighted by Gasteiger charge is -2.14. The summed E-state index contributed by atoms with van der Waals surface area (Å²) in [5, 5.41) is 11.6. The van der Waals surface area contributed by atoms with Crippen LogP contribution in [0.25, 0.3) is 0 Å². The molecule has 1 aliphatic heterocycles. The number of anilines is 1. The van der Waals surface area contributed by atoms with Crippen molar-refractivity contribution in [3.8, 4) is 0 Å². The molecule has 0 saturated carbocycles. The minimum atomic E-state index is -1.07. The van der Waals surface area contributed by atoms with Crippen molar-refractivity contribution in [2.45, 2.75) is 13.0 Å². The van der Waals surface area contributed by atoms with Gasteiger partial charge in [-0.2, -0.15) is 0 Å². The third-order valence-corrected chi connectivity index (χ3v) is 3.84. The first-order valence-corrected chi connectivity index (χ1v) is 6.45. The molecule has 0 aliphatic carbocycles. The maximum Gasteiger partial charge on any atom is 0.411 e. The van der Waals surface area contributed by atoms with Crippen LogP contribution in [0.15, 0.2) is 12.7 Å².